The first-order valence-corrected chi connectivity index (χ1v) is 6.97. The number of hydrogen-bond donors (Lipinski definition) is 1. The zero-order valence-corrected chi connectivity index (χ0v) is 12.7. The van der Waals surface area contributed by atoms with Crippen molar-refractivity contribution in [3.63, 3.8) is 0 Å². The topological polar surface area (TPSA) is 64.6 Å². The number of cyclic esters (lactones) is 1. The van der Waals surface area contributed by atoms with E-state index in [1.807, 2.05) is 0 Å². The minimum atomic E-state index is -0.974. The molecule has 1 heterocycles. The molecule has 0 radical (unpaired) electrons. The number of nitrogens with one attached hydrogen (secondary N) is 1. The van der Waals surface area contributed by atoms with Crippen LogP contribution in [0.2, 0.25) is 0 Å². The van der Waals surface area contributed by atoms with Crippen LogP contribution >= 0.6 is 22.6 Å². The van der Waals surface area contributed by atoms with Gasteiger partial charge in [-0.1, -0.05) is 22.6 Å². The molecule has 0 bridgehead atoms. The van der Waals surface area contributed by atoms with Gasteiger partial charge in [0.1, 0.15) is 17.2 Å². The van der Waals surface area contributed by atoms with Gasteiger partial charge in [0.05, 0.1) is 0 Å². The van der Waals surface area contributed by atoms with Crippen LogP contribution in [0.5, 0.6) is 0 Å². The summed E-state index contributed by atoms with van der Waals surface area (Å²) in [5.74, 6) is -0.398. The lowest BCUT2D eigenvalue weighted by atomic mass is 9.99. The van der Waals surface area contributed by atoms with Gasteiger partial charge < -0.3 is 14.8 Å². The SMILES string of the molecule is CC(C)(C)OC(=O)N[C@@]1(C)C[C@H](CI)OC1=O. The second-order valence-corrected chi connectivity index (χ2v) is 6.23. The van der Waals surface area contributed by atoms with Crippen LogP contribution in [0.3, 0.4) is 0 Å². The zero-order valence-electron chi connectivity index (χ0n) is 10.5. The number of carbonyl (C=O) groups is 2. The van der Waals surface area contributed by atoms with Gasteiger partial charge in [0.25, 0.3) is 0 Å². The monoisotopic (exact) mass is 355 g/mol. The Morgan fingerprint density at radius 2 is 2.24 bits per heavy atom. The van der Waals surface area contributed by atoms with E-state index in [2.05, 4.69) is 27.9 Å². The van der Waals surface area contributed by atoms with Gasteiger partial charge in [0.2, 0.25) is 0 Å². The lowest BCUT2D eigenvalue weighted by Crippen LogP contribution is -2.51. The highest BCUT2D eigenvalue weighted by Crippen LogP contribution is 2.27. The lowest BCUT2D eigenvalue weighted by Gasteiger charge is -2.25. The van der Waals surface area contributed by atoms with E-state index in [4.69, 9.17) is 9.47 Å². The van der Waals surface area contributed by atoms with Crippen molar-refractivity contribution in [3.8, 4) is 0 Å². The number of amides is 1. The van der Waals surface area contributed by atoms with Crippen molar-refractivity contribution in [2.45, 2.75) is 51.4 Å². The summed E-state index contributed by atoms with van der Waals surface area (Å²) in [7, 11) is 0. The summed E-state index contributed by atoms with van der Waals surface area (Å²) in [6, 6.07) is 0. The molecular weight excluding hydrogens is 337 g/mol. The molecule has 17 heavy (non-hydrogen) atoms. The van der Waals surface area contributed by atoms with Crippen LogP contribution in [0.4, 0.5) is 4.79 Å². The second-order valence-electron chi connectivity index (χ2n) is 5.34. The maximum atomic E-state index is 11.7. The Morgan fingerprint density at radius 3 is 2.65 bits per heavy atom. The number of ether oxygens (including phenoxy) is 2. The standard InChI is InChI=1S/C11H18INO4/c1-10(2,3)17-9(15)13-11(4)5-7(6-12)16-8(11)14/h7H,5-6H2,1-4H3,(H,13,15)/t7-,11+/m1/s1. The average Bonchev–Trinajstić information content (AvgIpc) is 2.38. The molecule has 98 valence electrons. The number of carbonyl (C=O) groups excluding carboxylic acids is 2. The Hall–Kier alpha value is -0.530. The summed E-state index contributed by atoms with van der Waals surface area (Å²) in [6.45, 7) is 6.98. The molecule has 0 spiro atoms. The Morgan fingerprint density at radius 1 is 1.65 bits per heavy atom. The van der Waals surface area contributed by atoms with Gasteiger partial charge in [-0.3, -0.25) is 0 Å². The lowest BCUT2D eigenvalue weighted by molar-refractivity contribution is -0.145. The molecule has 1 aliphatic heterocycles. The molecule has 0 unspecified atom stereocenters. The average molecular weight is 355 g/mol. The molecule has 1 saturated heterocycles. The summed E-state index contributed by atoms with van der Waals surface area (Å²) in [5.41, 5.74) is -1.55. The number of hydrogen-bond acceptors (Lipinski definition) is 4. The van der Waals surface area contributed by atoms with Gasteiger partial charge in [0.15, 0.2) is 0 Å². The van der Waals surface area contributed by atoms with E-state index in [1.165, 1.54) is 0 Å². The minimum absolute atomic E-state index is 0.136. The fourth-order valence-electron chi connectivity index (χ4n) is 1.58. The molecule has 6 heteroatoms. The van der Waals surface area contributed by atoms with E-state index in [9.17, 15) is 9.59 Å². The highest BCUT2D eigenvalue weighted by Gasteiger charge is 2.46. The van der Waals surface area contributed by atoms with Crippen LogP contribution < -0.4 is 5.32 Å². The van der Waals surface area contributed by atoms with Gasteiger partial charge in [-0.05, 0) is 27.7 Å². The van der Waals surface area contributed by atoms with E-state index in [0.29, 0.717) is 6.42 Å². The molecule has 0 aromatic rings. The molecular formula is C11H18INO4. The Kier molecular flexibility index (Phi) is 4.27. The Balaban J connectivity index is 2.62. The third kappa shape index (κ3) is 4.01. The highest BCUT2D eigenvalue weighted by atomic mass is 127. The molecule has 1 rings (SSSR count). The summed E-state index contributed by atoms with van der Waals surface area (Å²) in [4.78, 5) is 23.3. The first-order valence-electron chi connectivity index (χ1n) is 5.44. The minimum Gasteiger partial charge on any atom is -0.460 e. The molecule has 2 atom stereocenters. The van der Waals surface area contributed by atoms with Gasteiger partial charge in [-0.2, -0.15) is 0 Å². The summed E-state index contributed by atoms with van der Waals surface area (Å²) >= 11 is 2.15. The second kappa shape index (κ2) is 4.99. The van der Waals surface area contributed by atoms with Crippen molar-refractivity contribution in [1.82, 2.24) is 5.32 Å². The number of alkyl carbamates (subject to hydrolysis) is 1. The zero-order chi connectivity index (χ0) is 13.3. The van der Waals surface area contributed by atoms with Crippen molar-refractivity contribution < 1.29 is 19.1 Å². The number of halogens is 1. The quantitative estimate of drug-likeness (QED) is 0.468. The van der Waals surface area contributed by atoms with Gasteiger partial charge in [0, 0.05) is 10.8 Å². The largest absolute Gasteiger partial charge is 0.460 e. The summed E-state index contributed by atoms with van der Waals surface area (Å²) in [5, 5.41) is 2.59. The van der Waals surface area contributed by atoms with E-state index in [1.54, 1.807) is 27.7 Å². The van der Waals surface area contributed by atoms with Gasteiger partial charge >= 0.3 is 12.1 Å². The molecule has 1 fully saturated rings. The van der Waals surface area contributed by atoms with Crippen LogP contribution in [-0.4, -0.2) is 33.7 Å². The van der Waals surface area contributed by atoms with Crippen LogP contribution in [0.25, 0.3) is 0 Å². The molecule has 1 aliphatic rings. The molecule has 0 aromatic carbocycles. The molecule has 1 amide bonds. The van der Waals surface area contributed by atoms with E-state index in [-0.39, 0.29) is 6.10 Å². The van der Waals surface area contributed by atoms with Crippen molar-refractivity contribution >= 4 is 34.7 Å². The normalized spacial score (nSPS) is 28.8. The predicted octanol–water partition coefficient (Wildman–Crippen LogP) is 2.02. The first-order chi connectivity index (χ1) is 7.66. The molecule has 5 nitrogen and oxygen atoms in total. The fraction of sp³-hybridized carbons (Fsp3) is 0.818. The van der Waals surface area contributed by atoms with Crippen LogP contribution in [0, 0.1) is 0 Å². The predicted molar refractivity (Wildman–Crippen MR) is 71.2 cm³/mol. The molecule has 0 saturated carbocycles. The number of esters is 1. The maximum absolute atomic E-state index is 11.7. The van der Waals surface area contributed by atoms with Crippen LogP contribution in [-0.2, 0) is 14.3 Å². The van der Waals surface area contributed by atoms with Gasteiger partial charge in [-0.15, -0.1) is 0 Å². The van der Waals surface area contributed by atoms with Gasteiger partial charge in [-0.25, -0.2) is 9.59 Å². The van der Waals surface area contributed by atoms with Crippen molar-refractivity contribution in [2.75, 3.05) is 4.43 Å². The van der Waals surface area contributed by atoms with E-state index >= 15 is 0 Å². The highest BCUT2D eigenvalue weighted by molar-refractivity contribution is 14.1. The van der Waals surface area contributed by atoms with Crippen LogP contribution in [0.15, 0.2) is 0 Å². The number of rotatable bonds is 2. The third-order valence-electron chi connectivity index (χ3n) is 2.31. The fourth-order valence-corrected chi connectivity index (χ4v) is 2.07. The Bertz CT molecular complexity index is 326. The van der Waals surface area contributed by atoms with Crippen molar-refractivity contribution in [2.24, 2.45) is 0 Å². The van der Waals surface area contributed by atoms with Crippen molar-refractivity contribution in [1.29, 1.82) is 0 Å². The third-order valence-corrected chi connectivity index (χ3v) is 3.29. The van der Waals surface area contributed by atoms with Crippen LogP contribution in [0.1, 0.15) is 34.1 Å². The number of alkyl halides is 1. The summed E-state index contributed by atoms with van der Waals surface area (Å²) < 4.78 is 11.0. The Labute approximate surface area is 115 Å². The smallest absolute Gasteiger partial charge is 0.408 e. The summed E-state index contributed by atoms with van der Waals surface area (Å²) in [6.07, 6.45) is -0.248. The van der Waals surface area contributed by atoms with E-state index < -0.39 is 23.2 Å². The maximum Gasteiger partial charge on any atom is 0.408 e. The molecule has 1 N–H and O–H groups in total. The van der Waals surface area contributed by atoms with E-state index in [0.717, 1.165) is 4.43 Å². The molecule has 0 aliphatic carbocycles. The van der Waals surface area contributed by atoms with Crippen molar-refractivity contribution in [3.05, 3.63) is 0 Å². The first kappa shape index (κ1) is 14.5. The molecule has 0 aromatic heterocycles.